The Labute approximate surface area is 151 Å². The summed E-state index contributed by atoms with van der Waals surface area (Å²) in [7, 11) is 2.01. The Balaban J connectivity index is 1.55. The molecule has 0 bridgehead atoms. The van der Waals surface area contributed by atoms with Gasteiger partial charge in [-0.25, -0.2) is 0 Å². The van der Waals surface area contributed by atoms with E-state index < -0.39 is 12.0 Å². The molecule has 2 aromatic carbocycles. The smallest absolute Gasteiger partial charge is 0.321 e. The Hall–Kier alpha value is -3.05. The summed E-state index contributed by atoms with van der Waals surface area (Å²) in [4.78, 5) is 15.0. The van der Waals surface area contributed by atoms with Gasteiger partial charge in [0.15, 0.2) is 0 Å². The van der Waals surface area contributed by atoms with Crippen molar-refractivity contribution in [1.29, 1.82) is 0 Å². The molecule has 0 spiro atoms. The van der Waals surface area contributed by atoms with Gasteiger partial charge in [0.05, 0.1) is 0 Å². The molecule has 0 saturated carbocycles. The molecular formula is C21H21N3O2. The lowest BCUT2D eigenvalue weighted by Crippen LogP contribution is -2.38. The summed E-state index contributed by atoms with van der Waals surface area (Å²) in [6, 6.07) is 15.5. The van der Waals surface area contributed by atoms with Gasteiger partial charge in [0.2, 0.25) is 0 Å². The van der Waals surface area contributed by atoms with Crippen LogP contribution in [0.25, 0.3) is 21.8 Å². The summed E-state index contributed by atoms with van der Waals surface area (Å²) < 4.78 is 2.07. The number of nitrogens with one attached hydrogen (secondary N) is 2. The number of fused-ring (bicyclic) bond motifs is 2. The number of carbonyl (C=O) groups is 1. The summed E-state index contributed by atoms with van der Waals surface area (Å²) in [6.07, 6.45) is 4.40. The zero-order valence-electron chi connectivity index (χ0n) is 14.6. The van der Waals surface area contributed by atoms with E-state index in [0.29, 0.717) is 13.0 Å². The predicted octanol–water partition coefficient (Wildman–Crippen LogP) is 3.45. The van der Waals surface area contributed by atoms with E-state index in [1.807, 2.05) is 49.6 Å². The summed E-state index contributed by atoms with van der Waals surface area (Å²) in [5.74, 6) is -0.837. The van der Waals surface area contributed by atoms with E-state index in [0.717, 1.165) is 32.9 Å². The van der Waals surface area contributed by atoms with Gasteiger partial charge >= 0.3 is 5.97 Å². The number of carboxylic acid groups (broad SMARTS) is 1. The van der Waals surface area contributed by atoms with Crippen LogP contribution in [0.4, 0.5) is 0 Å². The second-order valence-electron chi connectivity index (χ2n) is 6.62. The molecule has 0 unspecified atom stereocenters. The average Bonchev–Trinajstić information content (AvgIpc) is 3.20. The monoisotopic (exact) mass is 347 g/mol. The first kappa shape index (κ1) is 16.4. The molecule has 4 aromatic rings. The predicted molar refractivity (Wildman–Crippen MR) is 103 cm³/mol. The number of para-hydroxylation sites is 2. The van der Waals surface area contributed by atoms with Crippen molar-refractivity contribution in [3.05, 3.63) is 72.1 Å². The van der Waals surface area contributed by atoms with E-state index in [1.165, 1.54) is 0 Å². The van der Waals surface area contributed by atoms with Crippen molar-refractivity contribution < 1.29 is 9.90 Å². The minimum atomic E-state index is -0.837. The zero-order valence-corrected chi connectivity index (χ0v) is 14.6. The molecule has 0 saturated heterocycles. The molecule has 0 aliphatic carbocycles. The first-order chi connectivity index (χ1) is 12.6. The topological polar surface area (TPSA) is 70.0 Å². The molecule has 0 aliphatic rings. The first-order valence-electron chi connectivity index (χ1n) is 8.67. The highest BCUT2D eigenvalue weighted by molar-refractivity contribution is 5.85. The quantitative estimate of drug-likeness (QED) is 0.500. The van der Waals surface area contributed by atoms with Crippen LogP contribution in [0, 0.1) is 0 Å². The molecule has 0 fully saturated rings. The molecule has 3 N–H and O–H groups in total. The maximum absolute atomic E-state index is 11.8. The molecule has 26 heavy (non-hydrogen) atoms. The second-order valence-corrected chi connectivity index (χ2v) is 6.62. The van der Waals surface area contributed by atoms with Crippen molar-refractivity contribution in [3.8, 4) is 0 Å². The van der Waals surface area contributed by atoms with Crippen molar-refractivity contribution in [2.45, 2.75) is 19.0 Å². The van der Waals surface area contributed by atoms with Crippen LogP contribution in [-0.4, -0.2) is 26.7 Å². The Kier molecular flexibility index (Phi) is 4.22. The van der Waals surface area contributed by atoms with Crippen molar-refractivity contribution in [2.75, 3.05) is 0 Å². The van der Waals surface area contributed by atoms with E-state index in [1.54, 1.807) is 0 Å². The maximum Gasteiger partial charge on any atom is 0.321 e. The highest BCUT2D eigenvalue weighted by atomic mass is 16.4. The molecule has 132 valence electrons. The third-order valence-corrected chi connectivity index (χ3v) is 4.92. The largest absolute Gasteiger partial charge is 0.480 e. The Bertz CT molecular complexity index is 1080. The fourth-order valence-electron chi connectivity index (χ4n) is 3.57. The Morgan fingerprint density at radius 2 is 1.85 bits per heavy atom. The number of carboxylic acids is 1. The summed E-state index contributed by atoms with van der Waals surface area (Å²) >= 11 is 0. The van der Waals surface area contributed by atoms with E-state index in [-0.39, 0.29) is 0 Å². The fraction of sp³-hybridized carbons (Fsp3) is 0.190. The van der Waals surface area contributed by atoms with Gasteiger partial charge in [0.25, 0.3) is 0 Å². The highest BCUT2D eigenvalue weighted by Gasteiger charge is 2.20. The molecule has 4 rings (SSSR count). The van der Waals surface area contributed by atoms with Crippen molar-refractivity contribution in [1.82, 2.24) is 14.9 Å². The summed E-state index contributed by atoms with van der Waals surface area (Å²) in [5.41, 5.74) is 4.29. The van der Waals surface area contributed by atoms with Gasteiger partial charge < -0.3 is 14.7 Å². The highest BCUT2D eigenvalue weighted by Crippen LogP contribution is 2.21. The SMILES string of the molecule is Cn1cc(CN[C@H](Cc2c[nH]c3ccccc23)C(=O)O)c2ccccc21. The minimum absolute atomic E-state index is 0.435. The lowest BCUT2D eigenvalue weighted by atomic mass is 10.0. The van der Waals surface area contributed by atoms with Crippen LogP contribution in [-0.2, 0) is 24.8 Å². The second kappa shape index (κ2) is 6.69. The number of H-pyrrole nitrogens is 1. The van der Waals surface area contributed by atoms with Gasteiger partial charge in [-0.15, -0.1) is 0 Å². The lowest BCUT2D eigenvalue weighted by Gasteiger charge is -2.14. The summed E-state index contributed by atoms with van der Waals surface area (Å²) in [5, 5.41) is 15.1. The Morgan fingerprint density at radius 1 is 1.12 bits per heavy atom. The van der Waals surface area contributed by atoms with Crippen LogP contribution < -0.4 is 5.32 Å². The van der Waals surface area contributed by atoms with Crippen LogP contribution in [0.5, 0.6) is 0 Å². The van der Waals surface area contributed by atoms with Gasteiger partial charge in [-0.3, -0.25) is 10.1 Å². The van der Waals surface area contributed by atoms with Crippen molar-refractivity contribution in [3.63, 3.8) is 0 Å². The van der Waals surface area contributed by atoms with Gasteiger partial charge in [0.1, 0.15) is 6.04 Å². The van der Waals surface area contributed by atoms with Gasteiger partial charge in [-0.2, -0.15) is 0 Å². The number of aromatic amines is 1. The number of hydrogen-bond donors (Lipinski definition) is 3. The number of hydrogen-bond acceptors (Lipinski definition) is 2. The number of nitrogens with zero attached hydrogens (tertiary/aromatic N) is 1. The van der Waals surface area contributed by atoms with Crippen LogP contribution in [0.15, 0.2) is 60.9 Å². The molecule has 0 amide bonds. The van der Waals surface area contributed by atoms with Crippen molar-refractivity contribution >= 4 is 27.8 Å². The number of aryl methyl sites for hydroxylation is 1. The molecule has 2 aromatic heterocycles. The standard InChI is InChI=1S/C21H21N3O2/c1-24-13-15(17-7-3-5-9-20(17)24)12-23-19(21(25)26)10-14-11-22-18-8-4-2-6-16(14)18/h2-9,11,13,19,22-23H,10,12H2,1H3,(H,25,26)/t19-/m1/s1. The van der Waals surface area contributed by atoms with Gasteiger partial charge in [-0.1, -0.05) is 36.4 Å². The molecule has 0 aliphatic heterocycles. The Morgan fingerprint density at radius 3 is 2.65 bits per heavy atom. The average molecular weight is 347 g/mol. The molecule has 5 heteroatoms. The van der Waals surface area contributed by atoms with Crippen LogP contribution in [0.1, 0.15) is 11.1 Å². The van der Waals surface area contributed by atoms with E-state index in [2.05, 4.69) is 33.2 Å². The molecular weight excluding hydrogens is 326 g/mol. The van der Waals surface area contributed by atoms with Crippen LogP contribution >= 0.6 is 0 Å². The number of aromatic nitrogens is 2. The first-order valence-corrected chi connectivity index (χ1v) is 8.67. The van der Waals surface area contributed by atoms with Gasteiger partial charge in [0, 0.05) is 54.2 Å². The number of rotatable bonds is 6. The molecule has 1 atom stereocenters. The number of benzene rings is 2. The molecule has 0 radical (unpaired) electrons. The fourth-order valence-corrected chi connectivity index (χ4v) is 3.57. The zero-order chi connectivity index (χ0) is 18.1. The van der Waals surface area contributed by atoms with Crippen LogP contribution in [0.2, 0.25) is 0 Å². The van der Waals surface area contributed by atoms with E-state index >= 15 is 0 Å². The van der Waals surface area contributed by atoms with Gasteiger partial charge in [-0.05, 0) is 23.3 Å². The van der Waals surface area contributed by atoms with Crippen LogP contribution in [0.3, 0.4) is 0 Å². The lowest BCUT2D eigenvalue weighted by molar-refractivity contribution is -0.139. The third kappa shape index (κ3) is 2.97. The summed E-state index contributed by atoms with van der Waals surface area (Å²) in [6.45, 7) is 0.515. The van der Waals surface area contributed by atoms with Crippen molar-refractivity contribution in [2.24, 2.45) is 7.05 Å². The molecule has 5 nitrogen and oxygen atoms in total. The number of aliphatic carboxylic acids is 1. The normalized spacial score (nSPS) is 12.7. The maximum atomic E-state index is 11.8. The van der Waals surface area contributed by atoms with E-state index in [4.69, 9.17) is 0 Å². The van der Waals surface area contributed by atoms with E-state index in [9.17, 15) is 9.90 Å². The third-order valence-electron chi connectivity index (χ3n) is 4.92. The molecule has 2 heterocycles. The minimum Gasteiger partial charge on any atom is -0.480 e.